The number of hydrogen-bond donors (Lipinski definition) is 0. The van der Waals surface area contributed by atoms with E-state index in [0.717, 1.165) is 0 Å². The maximum atomic E-state index is 12.2. The molecular weight excluding hydrogens is 313 g/mol. The molecule has 0 aromatic heterocycles. The second-order valence-corrected chi connectivity index (χ2v) is 6.26. The Balaban J connectivity index is 4.89. The van der Waals surface area contributed by atoms with Crippen molar-refractivity contribution in [1.29, 1.82) is 0 Å². The van der Waals surface area contributed by atoms with Crippen LogP contribution >= 0.6 is 0 Å². The van der Waals surface area contributed by atoms with Gasteiger partial charge >= 0.3 is 18.1 Å². The summed E-state index contributed by atoms with van der Waals surface area (Å²) >= 11 is 0. The van der Waals surface area contributed by atoms with Crippen LogP contribution in [0.2, 0.25) is 0 Å². The van der Waals surface area contributed by atoms with Crippen LogP contribution in [0.15, 0.2) is 0 Å². The number of halogens is 3. The molecular formula is C16H27F3O4. The average molecular weight is 340 g/mol. The third kappa shape index (κ3) is 8.23. The monoisotopic (exact) mass is 340 g/mol. The van der Waals surface area contributed by atoms with Gasteiger partial charge in [0.1, 0.15) is 5.60 Å². The minimum absolute atomic E-state index is 0.210. The van der Waals surface area contributed by atoms with Gasteiger partial charge in [0.15, 0.2) is 6.61 Å². The minimum Gasteiger partial charge on any atom is -0.458 e. The highest BCUT2D eigenvalue weighted by Gasteiger charge is 2.42. The summed E-state index contributed by atoms with van der Waals surface area (Å²) in [6, 6.07) is 0. The summed E-state index contributed by atoms with van der Waals surface area (Å²) in [6.45, 7) is 7.23. The van der Waals surface area contributed by atoms with Crippen LogP contribution in [0.1, 0.15) is 60.3 Å². The molecule has 0 spiro atoms. The normalized spacial score (nSPS) is 15.9. The first-order valence-corrected chi connectivity index (χ1v) is 7.90. The molecule has 2 atom stereocenters. The highest BCUT2D eigenvalue weighted by Crippen LogP contribution is 2.31. The number of rotatable bonds is 9. The SMILES string of the molecule is CCC(C(=O)OCC(F)(F)F)C(C)(CC)OC(=O)CCC(C)C. The van der Waals surface area contributed by atoms with E-state index in [1.807, 2.05) is 13.8 Å². The number of alkyl halides is 3. The van der Waals surface area contributed by atoms with Crippen LogP contribution in [0.3, 0.4) is 0 Å². The van der Waals surface area contributed by atoms with Crippen molar-refractivity contribution in [1.82, 2.24) is 0 Å². The summed E-state index contributed by atoms with van der Waals surface area (Å²) in [5.41, 5.74) is -1.18. The first kappa shape index (κ1) is 21.7. The van der Waals surface area contributed by atoms with Gasteiger partial charge in [0.25, 0.3) is 0 Å². The Morgan fingerprint density at radius 1 is 1.13 bits per heavy atom. The van der Waals surface area contributed by atoms with Gasteiger partial charge in [0.05, 0.1) is 5.92 Å². The second kappa shape index (κ2) is 9.13. The van der Waals surface area contributed by atoms with Crippen molar-refractivity contribution in [2.45, 2.75) is 72.1 Å². The first-order valence-electron chi connectivity index (χ1n) is 7.90. The maximum absolute atomic E-state index is 12.2. The Hall–Kier alpha value is -1.27. The van der Waals surface area contributed by atoms with Gasteiger partial charge in [-0.15, -0.1) is 0 Å². The molecule has 136 valence electrons. The van der Waals surface area contributed by atoms with E-state index in [1.165, 1.54) is 0 Å². The summed E-state index contributed by atoms with van der Waals surface area (Å²) in [6.07, 6.45) is -3.20. The van der Waals surface area contributed by atoms with E-state index in [9.17, 15) is 22.8 Å². The predicted octanol–water partition coefficient (Wildman–Crippen LogP) is 4.27. The zero-order valence-corrected chi connectivity index (χ0v) is 14.5. The molecule has 0 aliphatic carbocycles. The van der Waals surface area contributed by atoms with E-state index in [0.29, 0.717) is 18.8 Å². The lowest BCUT2D eigenvalue weighted by Crippen LogP contribution is -2.44. The topological polar surface area (TPSA) is 52.6 Å². The van der Waals surface area contributed by atoms with Gasteiger partial charge in [-0.05, 0) is 32.1 Å². The maximum Gasteiger partial charge on any atom is 0.422 e. The highest BCUT2D eigenvalue weighted by molar-refractivity contribution is 5.75. The average Bonchev–Trinajstić information content (AvgIpc) is 2.42. The molecule has 2 unspecified atom stereocenters. The zero-order chi connectivity index (χ0) is 18.3. The van der Waals surface area contributed by atoms with Crippen LogP contribution in [0.4, 0.5) is 13.2 Å². The van der Waals surface area contributed by atoms with Crippen LogP contribution < -0.4 is 0 Å². The predicted molar refractivity (Wildman–Crippen MR) is 79.7 cm³/mol. The first-order chi connectivity index (χ1) is 10.4. The van der Waals surface area contributed by atoms with Gasteiger partial charge in [-0.1, -0.05) is 27.7 Å². The summed E-state index contributed by atoms with van der Waals surface area (Å²) < 4.78 is 46.3. The number of carbonyl (C=O) groups excluding carboxylic acids is 2. The van der Waals surface area contributed by atoms with Gasteiger partial charge in [0, 0.05) is 6.42 Å². The molecule has 0 aliphatic heterocycles. The largest absolute Gasteiger partial charge is 0.458 e. The third-order valence-corrected chi connectivity index (χ3v) is 3.78. The van der Waals surface area contributed by atoms with Crippen molar-refractivity contribution in [3.8, 4) is 0 Å². The number of hydrogen-bond acceptors (Lipinski definition) is 4. The molecule has 23 heavy (non-hydrogen) atoms. The van der Waals surface area contributed by atoms with Gasteiger partial charge < -0.3 is 9.47 Å². The fraction of sp³-hybridized carbons (Fsp3) is 0.875. The molecule has 0 bridgehead atoms. The van der Waals surface area contributed by atoms with E-state index in [4.69, 9.17) is 4.74 Å². The molecule has 0 rings (SSSR count). The zero-order valence-electron chi connectivity index (χ0n) is 14.5. The highest BCUT2D eigenvalue weighted by atomic mass is 19.4. The van der Waals surface area contributed by atoms with E-state index < -0.39 is 36.2 Å². The Kier molecular flexibility index (Phi) is 8.63. The third-order valence-electron chi connectivity index (χ3n) is 3.78. The van der Waals surface area contributed by atoms with Crippen LogP contribution in [0.25, 0.3) is 0 Å². The fourth-order valence-corrected chi connectivity index (χ4v) is 2.21. The van der Waals surface area contributed by atoms with E-state index in [1.54, 1.807) is 20.8 Å². The Labute approximate surface area is 135 Å². The van der Waals surface area contributed by atoms with Gasteiger partial charge in [-0.25, -0.2) is 0 Å². The van der Waals surface area contributed by atoms with Gasteiger partial charge in [0.2, 0.25) is 0 Å². The number of ether oxygens (including phenoxy) is 2. The summed E-state index contributed by atoms with van der Waals surface area (Å²) in [5, 5.41) is 0. The molecule has 0 aliphatic rings. The Morgan fingerprint density at radius 2 is 1.70 bits per heavy atom. The Morgan fingerprint density at radius 3 is 2.09 bits per heavy atom. The van der Waals surface area contributed by atoms with Crippen molar-refractivity contribution in [3.63, 3.8) is 0 Å². The van der Waals surface area contributed by atoms with Crippen molar-refractivity contribution in [2.24, 2.45) is 11.8 Å². The summed E-state index contributed by atoms with van der Waals surface area (Å²) in [4.78, 5) is 23.9. The number of esters is 2. The lowest BCUT2D eigenvalue weighted by molar-refractivity contribution is -0.198. The molecule has 4 nitrogen and oxygen atoms in total. The lowest BCUT2D eigenvalue weighted by Gasteiger charge is -2.34. The minimum atomic E-state index is -4.58. The molecule has 7 heteroatoms. The van der Waals surface area contributed by atoms with Gasteiger partial charge in [-0.2, -0.15) is 13.2 Å². The number of carbonyl (C=O) groups is 2. The molecule has 0 fully saturated rings. The Bertz CT molecular complexity index is 393. The lowest BCUT2D eigenvalue weighted by atomic mass is 9.84. The quantitative estimate of drug-likeness (QED) is 0.588. The summed E-state index contributed by atoms with van der Waals surface area (Å²) in [5.74, 6) is -2.05. The standard InChI is InChI=1S/C16H27F3O4/c1-6-12(14(21)22-10-16(17,18)19)15(5,7-2)23-13(20)9-8-11(3)4/h11-12H,6-10H2,1-5H3. The van der Waals surface area contributed by atoms with Crippen molar-refractivity contribution >= 4 is 11.9 Å². The smallest absolute Gasteiger partial charge is 0.422 e. The molecule has 0 amide bonds. The van der Waals surface area contributed by atoms with E-state index in [2.05, 4.69) is 4.74 Å². The summed E-state index contributed by atoms with van der Waals surface area (Å²) in [7, 11) is 0. The van der Waals surface area contributed by atoms with Crippen LogP contribution in [0.5, 0.6) is 0 Å². The second-order valence-electron chi connectivity index (χ2n) is 6.26. The van der Waals surface area contributed by atoms with Crippen LogP contribution in [0, 0.1) is 11.8 Å². The molecule has 0 saturated heterocycles. The van der Waals surface area contributed by atoms with E-state index >= 15 is 0 Å². The van der Waals surface area contributed by atoms with Gasteiger partial charge in [-0.3, -0.25) is 9.59 Å². The van der Waals surface area contributed by atoms with Crippen LogP contribution in [-0.2, 0) is 19.1 Å². The van der Waals surface area contributed by atoms with E-state index in [-0.39, 0.29) is 12.8 Å². The molecule has 0 aromatic carbocycles. The fourth-order valence-electron chi connectivity index (χ4n) is 2.21. The molecule has 0 aromatic rings. The van der Waals surface area contributed by atoms with Crippen molar-refractivity contribution < 1.29 is 32.2 Å². The molecule has 0 saturated carbocycles. The van der Waals surface area contributed by atoms with Crippen molar-refractivity contribution in [3.05, 3.63) is 0 Å². The van der Waals surface area contributed by atoms with Crippen LogP contribution in [-0.4, -0.2) is 30.3 Å². The molecule has 0 N–H and O–H groups in total. The molecule has 0 radical (unpaired) electrons. The van der Waals surface area contributed by atoms with Crippen molar-refractivity contribution in [2.75, 3.05) is 6.61 Å². The molecule has 0 heterocycles.